The predicted octanol–water partition coefficient (Wildman–Crippen LogP) is 1.23. The fourth-order valence-electron chi connectivity index (χ4n) is 3.51. The molecule has 2 aromatic rings. The number of ether oxygens (including phenoxy) is 1. The molecule has 0 saturated carbocycles. The first kappa shape index (κ1) is 15.0. The van der Waals surface area contributed by atoms with E-state index in [9.17, 15) is 10.3 Å². The highest BCUT2D eigenvalue weighted by Crippen LogP contribution is 2.33. The van der Waals surface area contributed by atoms with E-state index < -0.39 is 6.10 Å². The number of H-pyrrole nitrogens is 1. The van der Waals surface area contributed by atoms with Gasteiger partial charge in [-0.2, -0.15) is 5.06 Å². The van der Waals surface area contributed by atoms with E-state index in [4.69, 9.17) is 4.74 Å². The molecule has 0 aliphatic carbocycles. The maximum atomic E-state index is 11.2. The number of aliphatic hydroxyl groups is 1. The van der Waals surface area contributed by atoms with Crippen LogP contribution in [0.15, 0.2) is 24.4 Å². The summed E-state index contributed by atoms with van der Waals surface area (Å²) >= 11 is 0. The van der Waals surface area contributed by atoms with Gasteiger partial charge in [0.2, 0.25) is 0 Å². The third-order valence-electron chi connectivity index (χ3n) is 4.93. The first-order chi connectivity index (χ1) is 11.2. The molecular formula is C17H22N3O3. The standard InChI is InChI=1S/C17H22N3O3/c21-15(10-19-13-2-5-20(22)6-3-13)17-9-12-7-14-11(1-4-18-14)8-16(12)23-17/h1,4,7-8,13,15,17-19,21H,2-3,5-6,9-10H2. The first-order valence-electron chi connectivity index (χ1n) is 8.29. The quantitative estimate of drug-likeness (QED) is 0.792. The van der Waals surface area contributed by atoms with E-state index in [1.807, 2.05) is 18.3 Å². The molecule has 2 unspecified atom stereocenters. The zero-order valence-electron chi connectivity index (χ0n) is 13.0. The van der Waals surface area contributed by atoms with Crippen LogP contribution >= 0.6 is 0 Å². The van der Waals surface area contributed by atoms with Gasteiger partial charge in [0.05, 0.1) is 0 Å². The smallest absolute Gasteiger partial charge is 0.130 e. The van der Waals surface area contributed by atoms with Crippen LogP contribution < -0.4 is 10.1 Å². The minimum absolute atomic E-state index is 0.205. The molecule has 123 valence electrons. The number of aliphatic hydroxyl groups excluding tert-OH is 1. The summed E-state index contributed by atoms with van der Waals surface area (Å²) in [4.78, 5) is 3.21. The van der Waals surface area contributed by atoms with Crippen LogP contribution in [0.3, 0.4) is 0 Å². The Bertz CT molecular complexity index is 639. The van der Waals surface area contributed by atoms with Crippen LogP contribution in [0.4, 0.5) is 0 Å². The highest BCUT2D eigenvalue weighted by molar-refractivity contribution is 5.82. The minimum Gasteiger partial charge on any atom is -0.487 e. The highest BCUT2D eigenvalue weighted by atomic mass is 16.5. The summed E-state index contributed by atoms with van der Waals surface area (Å²) in [6, 6.07) is 6.48. The topological polar surface area (TPSA) is 80.4 Å². The Balaban J connectivity index is 1.34. The zero-order chi connectivity index (χ0) is 15.8. The molecule has 23 heavy (non-hydrogen) atoms. The average Bonchev–Trinajstić information content (AvgIpc) is 3.17. The molecule has 1 aromatic carbocycles. The lowest BCUT2D eigenvalue weighted by Crippen LogP contribution is -2.46. The van der Waals surface area contributed by atoms with Crippen molar-refractivity contribution in [3.8, 4) is 5.75 Å². The van der Waals surface area contributed by atoms with Crippen molar-refractivity contribution in [2.24, 2.45) is 0 Å². The molecular weight excluding hydrogens is 294 g/mol. The Kier molecular flexibility index (Phi) is 3.98. The molecule has 0 bridgehead atoms. The second-order valence-corrected chi connectivity index (χ2v) is 6.56. The maximum Gasteiger partial charge on any atom is 0.130 e. The number of nitrogens with zero attached hydrogens (tertiary/aromatic N) is 1. The van der Waals surface area contributed by atoms with Gasteiger partial charge < -0.3 is 20.1 Å². The maximum absolute atomic E-state index is 11.2. The normalized spacial score (nSPS) is 23.8. The second-order valence-electron chi connectivity index (χ2n) is 6.56. The van der Waals surface area contributed by atoms with Gasteiger partial charge in [-0.1, -0.05) is 0 Å². The van der Waals surface area contributed by atoms with Crippen molar-refractivity contribution in [2.45, 2.75) is 37.5 Å². The van der Waals surface area contributed by atoms with Crippen molar-refractivity contribution in [2.75, 3.05) is 19.6 Å². The Morgan fingerprint density at radius 3 is 3.04 bits per heavy atom. The first-order valence-corrected chi connectivity index (χ1v) is 8.29. The summed E-state index contributed by atoms with van der Waals surface area (Å²) in [5.41, 5.74) is 2.24. The number of hydrogen-bond acceptors (Lipinski definition) is 4. The van der Waals surface area contributed by atoms with Crippen molar-refractivity contribution in [3.05, 3.63) is 30.0 Å². The van der Waals surface area contributed by atoms with Gasteiger partial charge in [-0.15, -0.1) is 5.21 Å². The van der Waals surface area contributed by atoms with Gasteiger partial charge in [-0.25, -0.2) is 0 Å². The molecule has 3 heterocycles. The average molecular weight is 316 g/mol. The molecule has 2 atom stereocenters. The number of rotatable bonds is 4. The second kappa shape index (κ2) is 6.13. The van der Waals surface area contributed by atoms with Crippen molar-refractivity contribution < 1.29 is 15.1 Å². The molecule has 6 nitrogen and oxygen atoms in total. The Morgan fingerprint density at radius 1 is 1.39 bits per heavy atom. The summed E-state index contributed by atoms with van der Waals surface area (Å²) < 4.78 is 5.94. The van der Waals surface area contributed by atoms with Crippen LogP contribution in [0.2, 0.25) is 0 Å². The monoisotopic (exact) mass is 316 g/mol. The van der Waals surface area contributed by atoms with Crippen molar-refractivity contribution in [1.29, 1.82) is 0 Å². The number of hydrogen-bond donors (Lipinski definition) is 3. The van der Waals surface area contributed by atoms with Crippen LogP contribution in [-0.2, 0) is 11.6 Å². The predicted molar refractivity (Wildman–Crippen MR) is 85.7 cm³/mol. The van der Waals surface area contributed by atoms with Crippen LogP contribution in [0, 0.1) is 0 Å². The molecule has 0 amide bonds. The van der Waals surface area contributed by atoms with Gasteiger partial charge >= 0.3 is 0 Å². The number of aromatic amines is 1. The summed E-state index contributed by atoms with van der Waals surface area (Å²) in [5.74, 6) is 0.876. The van der Waals surface area contributed by atoms with Crippen LogP contribution in [-0.4, -0.2) is 53.0 Å². The number of nitrogens with one attached hydrogen (secondary N) is 2. The molecule has 1 radical (unpaired) electrons. The molecule has 1 aromatic heterocycles. The van der Waals surface area contributed by atoms with E-state index in [-0.39, 0.29) is 6.10 Å². The summed E-state index contributed by atoms with van der Waals surface area (Å²) in [7, 11) is 0. The third kappa shape index (κ3) is 3.07. The number of fused-ring (bicyclic) bond motifs is 2. The molecule has 0 spiro atoms. The molecule has 2 aliphatic rings. The molecule has 2 aliphatic heterocycles. The number of piperidine rings is 1. The number of benzene rings is 1. The van der Waals surface area contributed by atoms with E-state index in [0.717, 1.165) is 46.5 Å². The molecule has 1 fully saturated rings. The van der Waals surface area contributed by atoms with Gasteiger partial charge in [-0.05, 0) is 31.0 Å². The SMILES string of the molecule is [O]N1CCC(NCC(O)C2Cc3cc4[nH]ccc4cc3O2)CC1. The van der Waals surface area contributed by atoms with Crippen molar-refractivity contribution >= 4 is 10.9 Å². The van der Waals surface area contributed by atoms with Crippen LogP contribution in [0.25, 0.3) is 10.9 Å². The van der Waals surface area contributed by atoms with Gasteiger partial charge in [0.15, 0.2) is 0 Å². The van der Waals surface area contributed by atoms with E-state index in [0.29, 0.717) is 25.7 Å². The van der Waals surface area contributed by atoms with E-state index in [2.05, 4.69) is 16.4 Å². The molecule has 4 rings (SSSR count). The van der Waals surface area contributed by atoms with Gasteiger partial charge in [0.25, 0.3) is 0 Å². The lowest BCUT2D eigenvalue weighted by Gasteiger charge is -2.28. The van der Waals surface area contributed by atoms with Gasteiger partial charge in [0, 0.05) is 54.8 Å². The lowest BCUT2D eigenvalue weighted by molar-refractivity contribution is -0.169. The number of hydroxylamine groups is 2. The molecule has 3 N–H and O–H groups in total. The van der Waals surface area contributed by atoms with Gasteiger partial charge in [-0.3, -0.25) is 0 Å². The van der Waals surface area contributed by atoms with Crippen LogP contribution in [0.1, 0.15) is 18.4 Å². The summed E-state index contributed by atoms with van der Waals surface area (Å²) in [6.45, 7) is 1.65. The molecule has 1 saturated heterocycles. The van der Waals surface area contributed by atoms with E-state index in [1.54, 1.807) is 0 Å². The van der Waals surface area contributed by atoms with Gasteiger partial charge in [0.1, 0.15) is 18.0 Å². The zero-order valence-corrected chi connectivity index (χ0v) is 13.0. The Labute approximate surface area is 135 Å². The van der Waals surface area contributed by atoms with Crippen LogP contribution in [0.5, 0.6) is 5.75 Å². The number of aromatic nitrogens is 1. The Hall–Kier alpha value is -1.60. The van der Waals surface area contributed by atoms with Crippen molar-refractivity contribution in [3.63, 3.8) is 0 Å². The minimum atomic E-state index is -0.550. The summed E-state index contributed by atoms with van der Waals surface area (Å²) in [6.07, 6.45) is 3.57. The van der Waals surface area contributed by atoms with E-state index in [1.165, 1.54) is 0 Å². The summed E-state index contributed by atoms with van der Waals surface area (Å²) in [5, 5.41) is 27.2. The largest absolute Gasteiger partial charge is 0.487 e. The molecule has 6 heteroatoms. The highest BCUT2D eigenvalue weighted by Gasteiger charge is 2.30. The lowest BCUT2D eigenvalue weighted by atomic mass is 10.0. The Morgan fingerprint density at radius 2 is 2.22 bits per heavy atom. The third-order valence-corrected chi connectivity index (χ3v) is 4.93. The fourth-order valence-corrected chi connectivity index (χ4v) is 3.51. The van der Waals surface area contributed by atoms with Crippen molar-refractivity contribution in [1.82, 2.24) is 15.4 Å². The fraction of sp³-hybridized carbons (Fsp3) is 0.529. The van der Waals surface area contributed by atoms with E-state index >= 15 is 0 Å².